The lowest BCUT2D eigenvalue weighted by Gasteiger charge is -2.31. The average Bonchev–Trinajstić information content (AvgIpc) is 3.33. The van der Waals surface area contributed by atoms with Crippen LogP contribution in [0.25, 0.3) is 0 Å². The molecule has 0 spiro atoms. The van der Waals surface area contributed by atoms with Gasteiger partial charge < -0.3 is 20.2 Å². The molecular weight excluding hydrogens is 481 g/mol. The highest BCUT2D eigenvalue weighted by atomic mass is 127. The molecule has 162 valence electrons. The zero-order chi connectivity index (χ0) is 20.0. The number of nitrogens with zero attached hydrogens (tertiary/aromatic N) is 3. The molecular formula is C21H34IN5O2. The summed E-state index contributed by atoms with van der Waals surface area (Å²) in [6, 6.07) is 4.28. The molecule has 29 heavy (non-hydrogen) atoms. The Morgan fingerprint density at radius 2 is 2.21 bits per heavy atom. The summed E-state index contributed by atoms with van der Waals surface area (Å²) in [5, 5.41) is 22.0. The number of nitrogens with one attached hydrogen (secondary N) is 2. The molecule has 0 saturated heterocycles. The smallest absolute Gasteiger partial charge is 0.191 e. The van der Waals surface area contributed by atoms with Crippen LogP contribution >= 0.6 is 24.0 Å². The Kier molecular flexibility index (Phi) is 9.01. The normalized spacial score (nSPS) is 21.9. The van der Waals surface area contributed by atoms with Gasteiger partial charge in [-0.25, -0.2) is 4.99 Å². The number of guanidine groups is 1. The second-order valence-electron chi connectivity index (χ2n) is 8.11. The van der Waals surface area contributed by atoms with Gasteiger partial charge in [-0.2, -0.15) is 5.10 Å². The maximum Gasteiger partial charge on any atom is 0.191 e. The number of rotatable bonds is 7. The lowest BCUT2D eigenvalue weighted by atomic mass is 9.86. The van der Waals surface area contributed by atoms with Gasteiger partial charge in [0, 0.05) is 37.8 Å². The van der Waals surface area contributed by atoms with Crippen LogP contribution in [0, 0.1) is 5.92 Å². The molecule has 3 rings (SSSR count). The van der Waals surface area contributed by atoms with Gasteiger partial charge in [0.05, 0.1) is 19.0 Å². The maximum atomic E-state index is 10.9. The molecule has 0 amide bonds. The van der Waals surface area contributed by atoms with Crippen LogP contribution in [-0.2, 0) is 19.1 Å². The third-order valence-corrected chi connectivity index (χ3v) is 5.55. The molecule has 3 unspecified atom stereocenters. The predicted octanol–water partition coefficient (Wildman–Crippen LogP) is 3.20. The zero-order valence-corrected chi connectivity index (χ0v) is 19.9. The highest BCUT2D eigenvalue weighted by molar-refractivity contribution is 14.0. The van der Waals surface area contributed by atoms with E-state index in [1.54, 1.807) is 24.1 Å². The molecule has 1 saturated carbocycles. The second kappa shape index (κ2) is 11.0. The van der Waals surface area contributed by atoms with Gasteiger partial charge in [0.1, 0.15) is 11.4 Å². The SMILES string of the molecule is CC1CCCCC1NC(=NCC(C)(O)c1cnn(C)c1)NCCc1ccco1.I. The van der Waals surface area contributed by atoms with Gasteiger partial charge >= 0.3 is 0 Å². The van der Waals surface area contributed by atoms with Crippen LogP contribution in [0.15, 0.2) is 40.2 Å². The van der Waals surface area contributed by atoms with Crippen molar-refractivity contribution in [3.05, 3.63) is 42.1 Å². The first-order valence-corrected chi connectivity index (χ1v) is 10.2. The first-order valence-electron chi connectivity index (χ1n) is 10.2. The summed E-state index contributed by atoms with van der Waals surface area (Å²) in [5.74, 6) is 2.30. The number of aliphatic imine (C=N–C) groups is 1. The number of aliphatic hydroxyl groups is 1. The average molecular weight is 515 g/mol. The number of aromatic nitrogens is 2. The fraction of sp³-hybridized carbons (Fsp3) is 0.619. The van der Waals surface area contributed by atoms with Crippen LogP contribution in [0.3, 0.4) is 0 Å². The molecule has 0 radical (unpaired) electrons. The number of furan rings is 1. The molecule has 3 N–H and O–H groups in total. The Labute approximate surface area is 190 Å². The Hall–Kier alpha value is -1.55. The van der Waals surface area contributed by atoms with Crippen molar-refractivity contribution in [2.24, 2.45) is 18.0 Å². The third kappa shape index (κ3) is 7.02. The maximum absolute atomic E-state index is 10.9. The molecule has 2 aromatic rings. The zero-order valence-electron chi connectivity index (χ0n) is 17.6. The summed E-state index contributed by atoms with van der Waals surface area (Å²) in [6.45, 7) is 5.05. The Morgan fingerprint density at radius 3 is 2.86 bits per heavy atom. The van der Waals surface area contributed by atoms with E-state index in [-0.39, 0.29) is 30.5 Å². The first-order chi connectivity index (χ1) is 13.4. The second-order valence-corrected chi connectivity index (χ2v) is 8.11. The van der Waals surface area contributed by atoms with Crippen LogP contribution in [0.2, 0.25) is 0 Å². The molecule has 0 bridgehead atoms. The molecule has 1 fully saturated rings. The number of hydrogen-bond donors (Lipinski definition) is 3. The van der Waals surface area contributed by atoms with Gasteiger partial charge in [-0.1, -0.05) is 19.8 Å². The lowest BCUT2D eigenvalue weighted by Crippen LogP contribution is -2.48. The van der Waals surface area contributed by atoms with Gasteiger partial charge in [0.15, 0.2) is 5.96 Å². The van der Waals surface area contributed by atoms with Crippen LogP contribution < -0.4 is 10.6 Å². The lowest BCUT2D eigenvalue weighted by molar-refractivity contribution is 0.0671. The minimum atomic E-state index is -1.07. The molecule has 2 aromatic heterocycles. The molecule has 3 atom stereocenters. The van der Waals surface area contributed by atoms with E-state index in [9.17, 15) is 5.11 Å². The van der Waals surface area contributed by atoms with Crippen molar-refractivity contribution in [2.45, 2.75) is 57.6 Å². The van der Waals surface area contributed by atoms with Gasteiger partial charge in [-0.05, 0) is 37.8 Å². The van der Waals surface area contributed by atoms with E-state index in [4.69, 9.17) is 9.41 Å². The van der Waals surface area contributed by atoms with Crippen molar-refractivity contribution in [2.75, 3.05) is 13.1 Å². The van der Waals surface area contributed by atoms with Crippen molar-refractivity contribution in [1.82, 2.24) is 20.4 Å². The summed E-state index contributed by atoms with van der Waals surface area (Å²) in [5.41, 5.74) is -0.304. The highest BCUT2D eigenvalue weighted by Crippen LogP contribution is 2.24. The van der Waals surface area contributed by atoms with Crippen LogP contribution in [0.4, 0.5) is 0 Å². The topological polar surface area (TPSA) is 87.6 Å². The van der Waals surface area contributed by atoms with Gasteiger partial charge in [-0.3, -0.25) is 4.68 Å². The third-order valence-electron chi connectivity index (χ3n) is 5.55. The number of aryl methyl sites for hydroxylation is 1. The van der Waals surface area contributed by atoms with E-state index in [2.05, 4.69) is 22.7 Å². The van der Waals surface area contributed by atoms with Crippen LogP contribution in [-0.4, -0.2) is 40.0 Å². The monoisotopic (exact) mass is 515 g/mol. The van der Waals surface area contributed by atoms with Crippen molar-refractivity contribution in [3.8, 4) is 0 Å². The first kappa shape index (κ1) is 23.7. The molecule has 0 aromatic carbocycles. The van der Waals surface area contributed by atoms with E-state index in [1.807, 2.05) is 25.4 Å². The van der Waals surface area contributed by atoms with Crippen LogP contribution in [0.1, 0.15) is 50.9 Å². The summed E-state index contributed by atoms with van der Waals surface area (Å²) < 4.78 is 7.10. The Balaban J connectivity index is 0.00000300. The van der Waals surface area contributed by atoms with Crippen molar-refractivity contribution >= 4 is 29.9 Å². The summed E-state index contributed by atoms with van der Waals surface area (Å²) >= 11 is 0. The number of hydrogen-bond acceptors (Lipinski definition) is 4. The minimum absolute atomic E-state index is 0. The number of halogens is 1. The van der Waals surface area contributed by atoms with Crippen LogP contribution in [0.5, 0.6) is 0 Å². The Morgan fingerprint density at radius 1 is 1.41 bits per heavy atom. The fourth-order valence-corrected chi connectivity index (χ4v) is 3.64. The summed E-state index contributed by atoms with van der Waals surface area (Å²) in [6.07, 6.45) is 10.9. The largest absolute Gasteiger partial charge is 0.469 e. The van der Waals surface area contributed by atoms with E-state index in [0.29, 0.717) is 12.0 Å². The fourth-order valence-electron chi connectivity index (χ4n) is 3.64. The highest BCUT2D eigenvalue weighted by Gasteiger charge is 2.26. The molecule has 2 heterocycles. The van der Waals surface area contributed by atoms with E-state index >= 15 is 0 Å². The standard InChI is InChI=1S/C21H33N5O2.HI/c1-16-7-4-5-9-19(16)25-20(22-11-10-18-8-6-12-28-18)23-15-21(2,27)17-13-24-26(3)14-17;/h6,8,12-14,16,19,27H,4-5,7,9-11,15H2,1-3H3,(H2,22,23,25);1H. The van der Waals surface area contributed by atoms with Crippen molar-refractivity contribution < 1.29 is 9.52 Å². The minimum Gasteiger partial charge on any atom is -0.469 e. The molecule has 1 aliphatic carbocycles. The molecule has 1 aliphatic rings. The predicted molar refractivity (Wildman–Crippen MR) is 125 cm³/mol. The molecule has 7 nitrogen and oxygen atoms in total. The summed E-state index contributed by atoms with van der Waals surface area (Å²) in [4.78, 5) is 4.71. The van der Waals surface area contributed by atoms with E-state index in [1.165, 1.54) is 19.3 Å². The van der Waals surface area contributed by atoms with Gasteiger partial charge in [0.2, 0.25) is 0 Å². The molecule has 0 aliphatic heterocycles. The van der Waals surface area contributed by atoms with Crippen molar-refractivity contribution in [1.29, 1.82) is 0 Å². The van der Waals surface area contributed by atoms with E-state index < -0.39 is 5.60 Å². The quantitative estimate of drug-likeness (QED) is 0.300. The Bertz CT molecular complexity index is 757. The van der Waals surface area contributed by atoms with Gasteiger partial charge in [0.25, 0.3) is 0 Å². The van der Waals surface area contributed by atoms with Gasteiger partial charge in [-0.15, -0.1) is 24.0 Å². The summed E-state index contributed by atoms with van der Waals surface area (Å²) in [7, 11) is 1.84. The van der Waals surface area contributed by atoms with E-state index in [0.717, 1.165) is 36.7 Å². The van der Waals surface area contributed by atoms with Crippen molar-refractivity contribution in [3.63, 3.8) is 0 Å². The molecule has 8 heteroatoms.